The molecule has 0 aliphatic heterocycles. The lowest BCUT2D eigenvalue weighted by atomic mass is 10.2. The smallest absolute Gasteiger partial charge is 0.174 e. The van der Waals surface area contributed by atoms with Crippen LogP contribution in [0.2, 0.25) is 5.02 Å². The van der Waals surface area contributed by atoms with Gasteiger partial charge in [-0.05, 0) is 51.3 Å². The zero-order chi connectivity index (χ0) is 15.9. The standard InChI is InChI=1S/C16H16BrClN2O2/c1-21-15-8-12(7-14(17)16(15)22-2)10-20-19-9-11-3-5-13(18)6-4-11/h3-8,10,19H,9H2,1-2H3/b20-10-. The topological polar surface area (TPSA) is 42.8 Å². The summed E-state index contributed by atoms with van der Waals surface area (Å²) in [6.45, 7) is 0.627. The largest absolute Gasteiger partial charge is 0.493 e. The van der Waals surface area contributed by atoms with Gasteiger partial charge < -0.3 is 14.9 Å². The normalized spacial score (nSPS) is 10.7. The van der Waals surface area contributed by atoms with Crippen molar-refractivity contribution in [2.24, 2.45) is 5.10 Å². The van der Waals surface area contributed by atoms with Gasteiger partial charge in [0.2, 0.25) is 0 Å². The highest BCUT2D eigenvalue weighted by Gasteiger charge is 2.09. The highest BCUT2D eigenvalue weighted by atomic mass is 79.9. The molecule has 0 unspecified atom stereocenters. The van der Waals surface area contributed by atoms with Gasteiger partial charge in [0, 0.05) is 5.02 Å². The van der Waals surface area contributed by atoms with Gasteiger partial charge in [-0.15, -0.1) is 0 Å². The molecule has 116 valence electrons. The molecule has 0 amide bonds. The van der Waals surface area contributed by atoms with E-state index in [4.69, 9.17) is 21.1 Å². The number of methoxy groups -OCH3 is 2. The van der Waals surface area contributed by atoms with Crippen LogP contribution in [-0.4, -0.2) is 20.4 Å². The van der Waals surface area contributed by atoms with Crippen LogP contribution in [0.3, 0.4) is 0 Å². The molecule has 4 nitrogen and oxygen atoms in total. The minimum atomic E-state index is 0.627. The number of hydrogen-bond acceptors (Lipinski definition) is 4. The van der Waals surface area contributed by atoms with Crippen molar-refractivity contribution in [1.29, 1.82) is 0 Å². The van der Waals surface area contributed by atoms with Crippen LogP contribution in [-0.2, 0) is 6.54 Å². The maximum absolute atomic E-state index is 5.84. The van der Waals surface area contributed by atoms with E-state index >= 15 is 0 Å². The second-order valence-corrected chi connectivity index (χ2v) is 5.75. The summed E-state index contributed by atoms with van der Waals surface area (Å²) in [5.41, 5.74) is 5.00. The van der Waals surface area contributed by atoms with Crippen LogP contribution in [0.25, 0.3) is 0 Å². The van der Waals surface area contributed by atoms with Gasteiger partial charge in [0.1, 0.15) is 0 Å². The van der Waals surface area contributed by atoms with Crippen molar-refractivity contribution in [3.05, 3.63) is 57.0 Å². The van der Waals surface area contributed by atoms with Gasteiger partial charge in [0.05, 0.1) is 31.5 Å². The number of hydrogen-bond donors (Lipinski definition) is 1. The molecule has 2 aromatic carbocycles. The molecule has 0 heterocycles. The van der Waals surface area contributed by atoms with Crippen molar-refractivity contribution < 1.29 is 9.47 Å². The van der Waals surface area contributed by atoms with Crippen molar-refractivity contribution in [1.82, 2.24) is 5.43 Å². The zero-order valence-corrected chi connectivity index (χ0v) is 14.6. The average Bonchev–Trinajstić information content (AvgIpc) is 2.52. The van der Waals surface area contributed by atoms with Crippen LogP contribution in [0, 0.1) is 0 Å². The van der Waals surface area contributed by atoms with E-state index in [1.807, 2.05) is 36.4 Å². The van der Waals surface area contributed by atoms with Crippen molar-refractivity contribution >= 4 is 33.7 Å². The Labute approximate surface area is 143 Å². The summed E-state index contributed by atoms with van der Waals surface area (Å²) in [7, 11) is 3.20. The molecule has 0 saturated carbocycles. The summed E-state index contributed by atoms with van der Waals surface area (Å²) < 4.78 is 11.4. The predicted octanol–water partition coefficient (Wildman–Crippen LogP) is 4.24. The minimum Gasteiger partial charge on any atom is -0.493 e. The molecule has 0 spiro atoms. The van der Waals surface area contributed by atoms with E-state index in [0.717, 1.165) is 20.6 Å². The molecule has 0 bridgehead atoms. The Morgan fingerprint density at radius 2 is 1.91 bits per heavy atom. The number of nitrogens with one attached hydrogen (secondary N) is 1. The molecule has 0 aliphatic carbocycles. The van der Waals surface area contributed by atoms with E-state index in [9.17, 15) is 0 Å². The van der Waals surface area contributed by atoms with Crippen molar-refractivity contribution in [2.45, 2.75) is 6.54 Å². The van der Waals surface area contributed by atoms with Crippen LogP contribution in [0.1, 0.15) is 11.1 Å². The van der Waals surface area contributed by atoms with E-state index in [-0.39, 0.29) is 0 Å². The fourth-order valence-corrected chi connectivity index (χ4v) is 2.62. The highest BCUT2D eigenvalue weighted by molar-refractivity contribution is 9.10. The fraction of sp³-hybridized carbons (Fsp3) is 0.188. The van der Waals surface area contributed by atoms with Gasteiger partial charge in [-0.25, -0.2) is 0 Å². The van der Waals surface area contributed by atoms with Gasteiger partial charge in [0.25, 0.3) is 0 Å². The zero-order valence-electron chi connectivity index (χ0n) is 12.3. The number of nitrogens with zero attached hydrogens (tertiary/aromatic N) is 1. The SMILES string of the molecule is COc1cc(/C=N\NCc2ccc(Cl)cc2)cc(Br)c1OC. The minimum absolute atomic E-state index is 0.627. The molecular weight excluding hydrogens is 368 g/mol. The maximum Gasteiger partial charge on any atom is 0.174 e. The third-order valence-electron chi connectivity index (χ3n) is 2.96. The maximum atomic E-state index is 5.84. The molecule has 0 fully saturated rings. The monoisotopic (exact) mass is 382 g/mol. The lowest BCUT2D eigenvalue weighted by molar-refractivity contribution is 0.353. The lowest BCUT2D eigenvalue weighted by Gasteiger charge is -2.10. The van der Waals surface area contributed by atoms with Gasteiger partial charge in [0.15, 0.2) is 11.5 Å². The van der Waals surface area contributed by atoms with Gasteiger partial charge in [-0.3, -0.25) is 0 Å². The lowest BCUT2D eigenvalue weighted by Crippen LogP contribution is -2.05. The Morgan fingerprint density at radius 1 is 1.18 bits per heavy atom. The van der Waals surface area contributed by atoms with Gasteiger partial charge in [-0.2, -0.15) is 5.10 Å². The van der Waals surface area contributed by atoms with Crippen LogP contribution in [0.5, 0.6) is 11.5 Å². The van der Waals surface area contributed by atoms with Crippen molar-refractivity contribution in [3.63, 3.8) is 0 Å². The summed E-state index contributed by atoms with van der Waals surface area (Å²) >= 11 is 9.30. The molecule has 2 rings (SSSR count). The highest BCUT2D eigenvalue weighted by Crippen LogP contribution is 2.35. The van der Waals surface area contributed by atoms with Crippen molar-refractivity contribution in [3.8, 4) is 11.5 Å². The van der Waals surface area contributed by atoms with Crippen LogP contribution < -0.4 is 14.9 Å². The quantitative estimate of drug-likeness (QED) is 0.599. The number of benzene rings is 2. The first-order valence-corrected chi connectivity index (χ1v) is 7.73. The molecule has 0 radical (unpaired) electrons. The van der Waals surface area contributed by atoms with E-state index in [1.54, 1.807) is 20.4 Å². The Hall–Kier alpha value is -1.72. The Morgan fingerprint density at radius 3 is 2.55 bits per heavy atom. The van der Waals surface area contributed by atoms with Crippen LogP contribution in [0.4, 0.5) is 0 Å². The van der Waals surface area contributed by atoms with Crippen LogP contribution in [0.15, 0.2) is 46.0 Å². The third-order valence-corrected chi connectivity index (χ3v) is 3.80. The molecular formula is C16H16BrClN2O2. The average molecular weight is 384 g/mol. The molecule has 6 heteroatoms. The van der Waals surface area contributed by atoms with Gasteiger partial charge >= 0.3 is 0 Å². The summed E-state index contributed by atoms with van der Waals surface area (Å²) in [5, 5.41) is 4.93. The summed E-state index contributed by atoms with van der Waals surface area (Å²) in [6.07, 6.45) is 1.72. The van der Waals surface area contributed by atoms with E-state index in [0.29, 0.717) is 18.0 Å². The van der Waals surface area contributed by atoms with Crippen LogP contribution >= 0.6 is 27.5 Å². The first kappa shape index (κ1) is 16.6. The van der Waals surface area contributed by atoms with E-state index in [2.05, 4.69) is 26.5 Å². The first-order chi connectivity index (χ1) is 10.6. The summed E-state index contributed by atoms with van der Waals surface area (Å²) in [5.74, 6) is 1.31. The summed E-state index contributed by atoms with van der Waals surface area (Å²) in [6, 6.07) is 11.4. The second kappa shape index (κ2) is 8.06. The molecule has 22 heavy (non-hydrogen) atoms. The number of halogens is 2. The number of hydrazone groups is 1. The molecule has 1 N–H and O–H groups in total. The molecule has 0 atom stereocenters. The molecule has 0 aromatic heterocycles. The Balaban J connectivity index is 2.01. The molecule has 2 aromatic rings. The predicted molar refractivity (Wildman–Crippen MR) is 93.1 cm³/mol. The first-order valence-electron chi connectivity index (χ1n) is 6.56. The van der Waals surface area contributed by atoms with Gasteiger partial charge in [-0.1, -0.05) is 23.7 Å². The fourth-order valence-electron chi connectivity index (χ4n) is 1.87. The molecule has 0 saturated heterocycles. The Kier molecular flexibility index (Phi) is 6.10. The Bertz CT molecular complexity index is 660. The second-order valence-electron chi connectivity index (χ2n) is 4.46. The van der Waals surface area contributed by atoms with E-state index < -0.39 is 0 Å². The van der Waals surface area contributed by atoms with Crippen molar-refractivity contribution in [2.75, 3.05) is 14.2 Å². The molecule has 0 aliphatic rings. The third kappa shape index (κ3) is 4.39. The summed E-state index contributed by atoms with van der Waals surface area (Å²) in [4.78, 5) is 0. The number of ether oxygens (including phenoxy) is 2. The van der Waals surface area contributed by atoms with E-state index in [1.165, 1.54) is 0 Å². The number of rotatable bonds is 6.